The summed E-state index contributed by atoms with van der Waals surface area (Å²) in [6, 6.07) is 13.2. The summed E-state index contributed by atoms with van der Waals surface area (Å²) in [5.74, 6) is -0.385. The molecule has 3 aromatic rings. The van der Waals surface area contributed by atoms with E-state index in [1.54, 1.807) is 18.3 Å². The monoisotopic (exact) mass is 349 g/mol. The van der Waals surface area contributed by atoms with Gasteiger partial charge in [0.05, 0.1) is 11.9 Å². The zero-order valence-corrected chi connectivity index (χ0v) is 14.8. The molecule has 0 unspecified atom stereocenters. The zero-order valence-electron chi connectivity index (χ0n) is 14.8. The van der Waals surface area contributed by atoms with Crippen LogP contribution in [0.2, 0.25) is 0 Å². The number of hydrogen-bond acceptors (Lipinski definition) is 6. The van der Waals surface area contributed by atoms with Crippen molar-refractivity contribution in [2.45, 2.75) is 26.2 Å². The number of aromatic nitrogens is 3. The fourth-order valence-corrected chi connectivity index (χ4v) is 2.21. The van der Waals surface area contributed by atoms with Crippen molar-refractivity contribution in [1.29, 1.82) is 0 Å². The molecule has 0 aliphatic rings. The number of carbonyl (C=O) groups is 1. The predicted octanol–water partition coefficient (Wildman–Crippen LogP) is 3.19. The van der Waals surface area contributed by atoms with E-state index in [0.717, 1.165) is 5.56 Å². The highest BCUT2D eigenvalue weighted by molar-refractivity contribution is 5.90. The second-order valence-corrected chi connectivity index (χ2v) is 6.70. The van der Waals surface area contributed by atoms with Crippen LogP contribution in [0.15, 0.2) is 58.3 Å². The third-order valence-corrected chi connectivity index (χ3v) is 3.68. The first-order chi connectivity index (χ1) is 12.4. The van der Waals surface area contributed by atoms with Crippen LogP contribution in [0.25, 0.3) is 11.4 Å². The third-order valence-electron chi connectivity index (χ3n) is 3.68. The maximum Gasteiger partial charge on any atom is 0.329 e. The Morgan fingerprint density at radius 1 is 1.15 bits per heavy atom. The minimum atomic E-state index is -0.581. The summed E-state index contributed by atoms with van der Waals surface area (Å²) in [6.45, 7) is 6.43. The summed E-state index contributed by atoms with van der Waals surface area (Å²) in [5, 5.41) is 7.68. The van der Waals surface area contributed by atoms with E-state index in [2.05, 4.69) is 46.4 Å². The van der Waals surface area contributed by atoms with Crippen LogP contribution in [0.3, 0.4) is 0 Å². The molecule has 0 fully saturated rings. The van der Waals surface area contributed by atoms with Crippen molar-refractivity contribution in [3.05, 3.63) is 65.8 Å². The first kappa shape index (κ1) is 17.5. The third kappa shape index (κ3) is 4.18. The largest absolute Gasteiger partial charge is 0.329 e. The van der Waals surface area contributed by atoms with Crippen LogP contribution < -0.4 is 5.43 Å². The molecule has 26 heavy (non-hydrogen) atoms. The predicted molar refractivity (Wildman–Crippen MR) is 97.7 cm³/mol. The van der Waals surface area contributed by atoms with Gasteiger partial charge in [-0.05, 0) is 23.1 Å². The van der Waals surface area contributed by atoms with Gasteiger partial charge in [-0.15, -0.1) is 0 Å². The number of hydrazone groups is 1. The second kappa shape index (κ2) is 7.26. The molecule has 0 saturated carbocycles. The normalized spacial score (nSPS) is 11.7. The van der Waals surface area contributed by atoms with Crippen molar-refractivity contribution in [3.8, 4) is 11.4 Å². The molecule has 0 aliphatic carbocycles. The lowest BCUT2D eigenvalue weighted by molar-refractivity contribution is 0.0911. The van der Waals surface area contributed by atoms with Gasteiger partial charge >= 0.3 is 11.8 Å². The van der Waals surface area contributed by atoms with Gasteiger partial charge in [-0.25, -0.2) is 5.43 Å². The van der Waals surface area contributed by atoms with E-state index in [0.29, 0.717) is 11.5 Å². The number of carbonyl (C=O) groups excluding carboxylic acids is 1. The van der Waals surface area contributed by atoms with Gasteiger partial charge < -0.3 is 4.52 Å². The molecule has 2 heterocycles. The molecule has 7 heteroatoms. The van der Waals surface area contributed by atoms with Crippen molar-refractivity contribution >= 4 is 12.1 Å². The lowest BCUT2D eigenvalue weighted by Gasteiger charge is -2.18. The molecule has 7 nitrogen and oxygen atoms in total. The van der Waals surface area contributed by atoms with Crippen LogP contribution in [0.5, 0.6) is 0 Å². The van der Waals surface area contributed by atoms with Gasteiger partial charge in [-0.3, -0.25) is 9.78 Å². The smallest absolute Gasteiger partial charge is 0.328 e. The Morgan fingerprint density at radius 3 is 2.58 bits per heavy atom. The van der Waals surface area contributed by atoms with Crippen LogP contribution in [-0.4, -0.2) is 27.2 Å². The highest BCUT2D eigenvalue weighted by atomic mass is 16.5. The lowest BCUT2D eigenvalue weighted by atomic mass is 9.87. The Morgan fingerprint density at radius 2 is 1.92 bits per heavy atom. The van der Waals surface area contributed by atoms with Gasteiger partial charge in [-0.2, -0.15) is 10.1 Å². The molecule has 1 aromatic carbocycles. The number of nitrogens with zero attached hydrogens (tertiary/aromatic N) is 4. The van der Waals surface area contributed by atoms with E-state index in [1.165, 1.54) is 11.8 Å². The number of nitrogens with one attached hydrogen (secondary N) is 1. The molecule has 0 aliphatic heterocycles. The summed E-state index contributed by atoms with van der Waals surface area (Å²) >= 11 is 0. The van der Waals surface area contributed by atoms with Gasteiger partial charge in [0.2, 0.25) is 5.82 Å². The fourth-order valence-electron chi connectivity index (χ4n) is 2.21. The van der Waals surface area contributed by atoms with E-state index < -0.39 is 5.91 Å². The average Bonchev–Trinajstić information content (AvgIpc) is 3.12. The van der Waals surface area contributed by atoms with Gasteiger partial charge in [0, 0.05) is 11.8 Å². The number of amides is 1. The molecule has 0 spiro atoms. The van der Waals surface area contributed by atoms with E-state index in [1.807, 2.05) is 30.3 Å². The lowest BCUT2D eigenvalue weighted by Crippen LogP contribution is -2.18. The number of hydrogen-bond donors (Lipinski definition) is 1. The molecule has 1 amide bonds. The summed E-state index contributed by atoms with van der Waals surface area (Å²) in [6.07, 6.45) is 3.07. The van der Waals surface area contributed by atoms with Crippen LogP contribution in [0, 0.1) is 0 Å². The van der Waals surface area contributed by atoms with Crippen molar-refractivity contribution in [2.75, 3.05) is 0 Å². The topological polar surface area (TPSA) is 93.3 Å². The van der Waals surface area contributed by atoms with Crippen molar-refractivity contribution < 1.29 is 9.32 Å². The fraction of sp³-hybridized carbons (Fsp3) is 0.211. The SMILES string of the molecule is CC(C)(C)c1ccc(-c2noc(C(=O)NN=Cc3ccccn3)n2)cc1. The highest BCUT2D eigenvalue weighted by Gasteiger charge is 2.17. The van der Waals surface area contributed by atoms with Crippen molar-refractivity contribution in [2.24, 2.45) is 5.10 Å². The minimum absolute atomic E-state index is 0.0619. The van der Waals surface area contributed by atoms with Crippen molar-refractivity contribution in [1.82, 2.24) is 20.6 Å². The van der Waals surface area contributed by atoms with E-state index in [-0.39, 0.29) is 11.3 Å². The van der Waals surface area contributed by atoms with Gasteiger partial charge in [0.1, 0.15) is 0 Å². The van der Waals surface area contributed by atoms with E-state index in [4.69, 9.17) is 4.52 Å². The minimum Gasteiger partial charge on any atom is -0.328 e. The number of pyridine rings is 1. The Balaban J connectivity index is 1.67. The molecule has 0 radical (unpaired) electrons. The highest BCUT2D eigenvalue weighted by Crippen LogP contribution is 2.24. The molecule has 0 bridgehead atoms. The molecular formula is C19H19N5O2. The number of rotatable bonds is 4. The molecule has 0 atom stereocenters. The van der Waals surface area contributed by atoms with Crippen LogP contribution in [-0.2, 0) is 5.41 Å². The summed E-state index contributed by atoms with van der Waals surface area (Å²) in [4.78, 5) is 20.2. The average molecular weight is 349 g/mol. The molecule has 132 valence electrons. The Bertz CT molecular complexity index is 909. The Labute approximate surface area is 151 Å². The van der Waals surface area contributed by atoms with E-state index >= 15 is 0 Å². The number of benzene rings is 1. The maximum atomic E-state index is 12.0. The molecule has 1 N–H and O–H groups in total. The molecule has 0 saturated heterocycles. The quantitative estimate of drug-likeness (QED) is 0.577. The summed E-state index contributed by atoms with van der Waals surface area (Å²) in [5.41, 5.74) is 5.00. The van der Waals surface area contributed by atoms with E-state index in [9.17, 15) is 4.79 Å². The van der Waals surface area contributed by atoms with Crippen LogP contribution >= 0.6 is 0 Å². The first-order valence-corrected chi connectivity index (χ1v) is 8.12. The van der Waals surface area contributed by atoms with Crippen LogP contribution in [0.4, 0.5) is 0 Å². The van der Waals surface area contributed by atoms with Gasteiger partial charge in [0.15, 0.2) is 0 Å². The Hall–Kier alpha value is -3.35. The zero-order chi connectivity index (χ0) is 18.6. The summed E-state index contributed by atoms with van der Waals surface area (Å²) in [7, 11) is 0. The van der Waals surface area contributed by atoms with Crippen LogP contribution in [0.1, 0.15) is 42.7 Å². The standard InChI is InChI=1S/C19H19N5O2/c1-19(2,3)14-9-7-13(8-10-14)16-22-18(26-24-16)17(25)23-21-12-15-6-4-5-11-20-15/h4-12H,1-3H3,(H,23,25). The Kier molecular flexibility index (Phi) is 4.88. The molecular weight excluding hydrogens is 330 g/mol. The maximum absolute atomic E-state index is 12.0. The second-order valence-electron chi connectivity index (χ2n) is 6.70. The molecule has 2 aromatic heterocycles. The first-order valence-electron chi connectivity index (χ1n) is 8.12. The van der Waals surface area contributed by atoms with Crippen molar-refractivity contribution in [3.63, 3.8) is 0 Å². The van der Waals surface area contributed by atoms with Gasteiger partial charge in [0.25, 0.3) is 0 Å². The van der Waals surface area contributed by atoms with Gasteiger partial charge in [-0.1, -0.05) is 56.3 Å². The molecule has 3 rings (SSSR count). The summed E-state index contributed by atoms with van der Waals surface area (Å²) < 4.78 is 5.02.